The molecule has 0 bridgehead atoms. The summed E-state index contributed by atoms with van der Waals surface area (Å²) in [5, 5.41) is 15.1. The van der Waals surface area contributed by atoms with Crippen LogP contribution in [0, 0.1) is 0 Å². The number of anilines is 1. The van der Waals surface area contributed by atoms with E-state index in [1.54, 1.807) is 78.5 Å². The second-order valence-corrected chi connectivity index (χ2v) is 8.76. The molecule has 10 heteroatoms. The van der Waals surface area contributed by atoms with Crippen molar-refractivity contribution in [3.8, 4) is 11.5 Å². The number of para-hydroxylation sites is 1. The van der Waals surface area contributed by atoms with Gasteiger partial charge in [-0.25, -0.2) is 4.68 Å². The van der Waals surface area contributed by atoms with E-state index in [1.807, 2.05) is 19.9 Å². The van der Waals surface area contributed by atoms with Crippen LogP contribution in [0.3, 0.4) is 0 Å². The number of carbonyl (C=O) groups excluding carboxylic acids is 2. The highest BCUT2D eigenvalue weighted by Gasteiger charge is 2.24. The average Bonchev–Trinajstić information content (AvgIpc) is 3.57. The van der Waals surface area contributed by atoms with E-state index in [2.05, 4.69) is 20.8 Å². The molecule has 38 heavy (non-hydrogen) atoms. The lowest BCUT2D eigenvalue weighted by Crippen LogP contribution is -2.15. The molecule has 0 atom stereocenters. The number of nitrogens with zero attached hydrogens (tertiary/aromatic N) is 4. The van der Waals surface area contributed by atoms with Crippen LogP contribution in [0.2, 0.25) is 0 Å². The van der Waals surface area contributed by atoms with Gasteiger partial charge in [0.25, 0.3) is 5.91 Å². The summed E-state index contributed by atoms with van der Waals surface area (Å²) in [4.78, 5) is 26.7. The number of benzene rings is 3. The number of rotatable bonds is 9. The van der Waals surface area contributed by atoms with Crippen LogP contribution in [0.4, 0.5) is 5.69 Å². The molecule has 5 rings (SSSR count). The molecule has 0 fully saturated rings. The second-order valence-electron chi connectivity index (χ2n) is 8.76. The van der Waals surface area contributed by atoms with Crippen molar-refractivity contribution in [2.45, 2.75) is 26.5 Å². The minimum Gasteiger partial charge on any atom is -0.497 e. The van der Waals surface area contributed by atoms with Crippen molar-refractivity contribution in [3.05, 3.63) is 95.5 Å². The third-order valence-corrected chi connectivity index (χ3v) is 5.91. The monoisotopic (exact) mass is 511 g/mol. The van der Waals surface area contributed by atoms with Gasteiger partial charge in [0.1, 0.15) is 23.7 Å². The maximum Gasteiger partial charge on any atom is 0.255 e. The highest BCUT2D eigenvalue weighted by atomic mass is 16.5. The zero-order valence-electron chi connectivity index (χ0n) is 21.0. The summed E-state index contributed by atoms with van der Waals surface area (Å²) in [5.41, 5.74) is 1.53. The van der Waals surface area contributed by atoms with E-state index in [0.717, 1.165) is 0 Å². The minimum atomic E-state index is -0.419. The van der Waals surface area contributed by atoms with Crippen LogP contribution in [-0.2, 0) is 6.61 Å². The number of hydrogen-bond acceptors (Lipinski definition) is 8. The van der Waals surface area contributed by atoms with Gasteiger partial charge in [0.15, 0.2) is 11.6 Å². The number of tetrazole rings is 1. The van der Waals surface area contributed by atoms with Gasteiger partial charge in [-0.05, 0) is 78.9 Å². The van der Waals surface area contributed by atoms with Gasteiger partial charge in [-0.1, -0.05) is 18.2 Å². The molecule has 2 heterocycles. The molecule has 0 aliphatic rings. The Bertz CT molecular complexity index is 1600. The number of carbonyl (C=O) groups is 2. The summed E-state index contributed by atoms with van der Waals surface area (Å²) in [7, 11) is 1.55. The number of ether oxygens (including phenoxy) is 2. The van der Waals surface area contributed by atoms with Crippen molar-refractivity contribution in [2.24, 2.45) is 0 Å². The number of amides is 1. The number of nitrogens with one attached hydrogen (secondary N) is 1. The van der Waals surface area contributed by atoms with E-state index >= 15 is 0 Å². The van der Waals surface area contributed by atoms with E-state index in [0.29, 0.717) is 45.1 Å². The lowest BCUT2D eigenvalue weighted by Gasteiger charge is -2.10. The summed E-state index contributed by atoms with van der Waals surface area (Å²) >= 11 is 0. The molecule has 192 valence electrons. The number of furan rings is 1. The Morgan fingerprint density at radius 1 is 0.974 bits per heavy atom. The van der Waals surface area contributed by atoms with Gasteiger partial charge < -0.3 is 19.2 Å². The molecule has 1 N–H and O–H groups in total. The summed E-state index contributed by atoms with van der Waals surface area (Å²) < 4.78 is 18.6. The smallest absolute Gasteiger partial charge is 0.255 e. The van der Waals surface area contributed by atoms with Crippen molar-refractivity contribution >= 4 is 28.3 Å². The van der Waals surface area contributed by atoms with Gasteiger partial charge in [-0.3, -0.25) is 9.59 Å². The second kappa shape index (κ2) is 10.6. The summed E-state index contributed by atoms with van der Waals surface area (Å²) in [6.45, 7) is 4.08. The molecule has 0 spiro atoms. The van der Waals surface area contributed by atoms with Crippen molar-refractivity contribution in [3.63, 3.8) is 0 Å². The average molecular weight is 512 g/mol. The van der Waals surface area contributed by atoms with E-state index in [9.17, 15) is 9.59 Å². The number of ketones is 1. The first-order valence-electron chi connectivity index (χ1n) is 12.0. The van der Waals surface area contributed by atoms with E-state index in [-0.39, 0.29) is 24.2 Å². The van der Waals surface area contributed by atoms with Crippen LogP contribution in [0.25, 0.3) is 11.0 Å². The molecular formula is C28H25N5O5. The van der Waals surface area contributed by atoms with Crippen molar-refractivity contribution in [1.82, 2.24) is 20.2 Å². The SMILES string of the molecule is COc1ccc(C(=O)c2oc3ccccc3c2NC(=O)c2cccc(OCc3nnnn3C(C)C)c2)cc1. The predicted molar refractivity (Wildman–Crippen MR) is 140 cm³/mol. The molecule has 2 aromatic heterocycles. The predicted octanol–water partition coefficient (Wildman–Crippen LogP) is 5.07. The Morgan fingerprint density at radius 2 is 1.76 bits per heavy atom. The zero-order chi connectivity index (χ0) is 26.6. The molecule has 5 aromatic rings. The fraction of sp³-hybridized carbons (Fsp3) is 0.179. The molecule has 0 saturated heterocycles. The fourth-order valence-corrected chi connectivity index (χ4v) is 3.97. The molecule has 0 unspecified atom stereocenters. The van der Waals surface area contributed by atoms with Crippen LogP contribution in [-0.4, -0.2) is 39.0 Å². The Kier molecular flexibility index (Phi) is 6.86. The van der Waals surface area contributed by atoms with Crippen LogP contribution in [0.1, 0.15) is 52.2 Å². The van der Waals surface area contributed by atoms with Gasteiger partial charge in [-0.2, -0.15) is 0 Å². The summed E-state index contributed by atoms with van der Waals surface area (Å²) in [6.07, 6.45) is 0. The largest absolute Gasteiger partial charge is 0.497 e. The van der Waals surface area contributed by atoms with Crippen LogP contribution < -0.4 is 14.8 Å². The summed E-state index contributed by atoms with van der Waals surface area (Å²) in [6, 6.07) is 20.7. The summed E-state index contributed by atoms with van der Waals surface area (Å²) in [5.74, 6) is 0.931. The highest BCUT2D eigenvalue weighted by molar-refractivity contribution is 6.18. The molecule has 0 saturated carbocycles. The number of hydrogen-bond donors (Lipinski definition) is 1. The Hall–Kier alpha value is -4.99. The molecular weight excluding hydrogens is 486 g/mol. The van der Waals surface area contributed by atoms with Gasteiger partial charge in [0.2, 0.25) is 5.78 Å². The minimum absolute atomic E-state index is 0.0395. The quantitative estimate of drug-likeness (QED) is 0.272. The molecule has 0 radical (unpaired) electrons. The standard InChI is InChI=1S/C28H25N5O5/c1-17(2)33-24(30-31-32-33)16-37-21-8-6-7-19(15-21)28(35)29-25-22-9-4-5-10-23(22)38-27(25)26(34)18-11-13-20(36-3)14-12-18/h4-15,17H,16H2,1-3H3,(H,29,35). The van der Waals surface area contributed by atoms with E-state index < -0.39 is 5.91 Å². The molecule has 10 nitrogen and oxygen atoms in total. The Balaban J connectivity index is 1.40. The normalized spacial score (nSPS) is 11.1. The van der Waals surface area contributed by atoms with Crippen LogP contribution in [0.15, 0.2) is 77.2 Å². The van der Waals surface area contributed by atoms with Gasteiger partial charge in [-0.15, -0.1) is 5.10 Å². The highest BCUT2D eigenvalue weighted by Crippen LogP contribution is 2.33. The van der Waals surface area contributed by atoms with Gasteiger partial charge >= 0.3 is 0 Å². The van der Waals surface area contributed by atoms with Crippen molar-refractivity contribution < 1.29 is 23.5 Å². The van der Waals surface area contributed by atoms with Crippen LogP contribution in [0.5, 0.6) is 11.5 Å². The van der Waals surface area contributed by atoms with Crippen molar-refractivity contribution in [2.75, 3.05) is 12.4 Å². The number of methoxy groups -OCH3 is 1. The maximum absolute atomic E-state index is 13.4. The maximum atomic E-state index is 13.4. The Morgan fingerprint density at radius 3 is 2.53 bits per heavy atom. The van der Waals surface area contributed by atoms with Gasteiger partial charge in [0, 0.05) is 16.5 Å². The van der Waals surface area contributed by atoms with Gasteiger partial charge in [0.05, 0.1) is 18.8 Å². The molecule has 0 aliphatic carbocycles. The van der Waals surface area contributed by atoms with E-state index in [1.165, 1.54) is 0 Å². The number of fused-ring (bicyclic) bond motifs is 1. The zero-order valence-corrected chi connectivity index (χ0v) is 21.0. The molecule has 0 aliphatic heterocycles. The lowest BCUT2D eigenvalue weighted by atomic mass is 10.1. The Labute approximate surface area is 218 Å². The van der Waals surface area contributed by atoms with E-state index in [4.69, 9.17) is 13.9 Å². The topological polar surface area (TPSA) is 121 Å². The third-order valence-electron chi connectivity index (χ3n) is 5.91. The van der Waals surface area contributed by atoms with Crippen LogP contribution >= 0.6 is 0 Å². The first-order chi connectivity index (χ1) is 18.4. The first-order valence-corrected chi connectivity index (χ1v) is 12.0. The lowest BCUT2D eigenvalue weighted by molar-refractivity contribution is 0.101. The number of aromatic nitrogens is 4. The van der Waals surface area contributed by atoms with Crippen molar-refractivity contribution in [1.29, 1.82) is 0 Å². The third kappa shape index (κ3) is 4.96. The molecule has 3 aromatic carbocycles. The molecule has 1 amide bonds. The fourth-order valence-electron chi connectivity index (χ4n) is 3.97. The first kappa shape index (κ1) is 24.7.